The molecular weight excluding hydrogens is 224 g/mol. The third kappa shape index (κ3) is 2.62. The Morgan fingerprint density at radius 2 is 1.94 bits per heavy atom. The van der Waals surface area contributed by atoms with Gasteiger partial charge in [0, 0.05) is 0 Å². The molecule has 0 bridgehead atoms. The van der Waals surface area contributed by atoms with Crippen molar-refractivity contribution in [1.29, 1.82) is 0 Å². The monoisotopic (exact) mass is 242 g/mol. The van der Waals surface area contributed by atoms with Gasteiger partial charge >= 0.3 is 0 Å². The van der Waals surface area contributed by atoms with Crippen molar-refractivity contribution in [3.05, 3.63) is 29.8 Å². The second-order valence-corrected chi connectivity index (χ2v) is 6.49. The molecule has 0 aliphatic rings. The molecule has 1 aromatic carbocycles. The number of benzene rings is 1. The number of hydrogen-bond donors (Lipinski definition) is 1. The molecule has 16 heavy (non-hydrogen) atoms. The van der Waals surface area contributed by atoms with Gasteiger partial charge in [-0.3, -0.25) is 0 Å². The summed E-state index contributed by atoms with van der Waals surface area (Å²) < 4.78 is 24.4. The molecule has 0 aromatic heterocycles. The molecule has 1 rings (SSSR count). The molecule has 0 heterocycles. The second-order valence-electron chi connectivity index (χ2n) is 4.33. The minimum Gasteiger partial charge on any atom is -0.395 e. The topological polar surface area (TPSA) is 54.4 Å². The number of aryl methyl sites for hydroxylation is 1. The number of aliphatic hydroxyl groups is 1. The SMILES string of the molecule is Cc1cccc(S(=O)(=O)C(CO)C(C)C)c1. The smallest absolute Gasteiger partial charge is 0.183 e. The van der Waals surface area contributed by atoms with E-state index >= 15 is 0 Å². The number of rotatable bonds is 4. The summed E-state index contributed by atoms with van der Waals surface area (Å²) in [5, 5.41) is 8.46. The Bertz CT molecular complexity index is 449. The van der Waals surface area contributed by atoms with Gasteiger partial charge in [0.2, 0.25) is 0 Å². The zero-order valence-corrected chi connectivity index (χ0v) is 10.7. The van der Waals surface area contributed by atoms with Crippen molar-refractivity contribution in [3.8, 4) is 0 Å². The van der Waals surface area contributed by atoms with Gasteiger partial charge in [0.15, 0.2) is 9.84 Å². The molecule has 0 saturated carbocycles. The average Bonchev–Trinajstić information content (AvgIpc) is 2.17. The molecule has 1 N–H and O–H groups in total. The van der Waals surface area contributed by atoms with Crippen LogP contribution in [0.4, 0.5) is 0 Å². The van der Waals surface area contributed by atoms with E-state index in [0.29, 0.717) is 4.90 Å². The molecule has 3 nitrogen and oxygen atoms in total. The van der Waals surface area contributed by atoms with Gasteiger partial charge in [0.1, 0.15) is 0 Å². The zero-order valence-electron chi connectivity index (χ0n) is 9.84. The number of hydrogen-bond acceptors (Lipinski definition) is 3. The van der Waals surface area contributed by atoms with E-state index < -0.39 is 15.1 Å². The predicted molar refractivity (Wildman–Crippen MR) is 64.1 cm³/mol. The Morgan fingerprint density at radius 1 is 1.31 bits per heavy atom. The van der Waals surface area contributed by atoms with E-state index in [9.17, 15) is 13.5 Å². The number of sulfone groups is 1. The van der Waals surface area contributed by atoms with Gasteiger partial charge < -0.3 is 5.11 Å². The van der Waals surface area contributed by atoms with Crippen LogP contribution in [0.25, 0.3) is 0 Å². The maximum atomic E-state index is 12.2. The summed E-state index contributed by atoms with van der Waals surface area (Å²) in [6.45, 7) is 5.11. The van der Waals surface area contributed by atoms with Gasteiger partial charge in [-0.05, 0) is 30.5 Å². The third-order valence-electron chi connectivity index (χ3n) is 2.64. The van der Waals surface area contributed by atoms with Crippen molar-refractivity contribution < 1.29 is 13.5 Å². The van der Waals surface area contributed by atoms with E-state index in [1.165, 1.54) is 0 Å². The first-order valence-corrected chi connectivity index (χ1v) is 6.85. The maximum absolute atomic E-state index is 12.2. The van der Waals surface area contributed by atoms with Crippen LogP contribution in [0.3, 0.4) is 0 Å². The molecule has 0 radical (unpaired) electrons. The van der Waals surface area contributed by atoms with E-state index in [4.69, 9.17) is 0 Å². The second kappa shape index (κ2) is 4.97. The molecule has 0 aliphatic carbocycles. The quantitative estimate of drug-likeness (QED) is 0.875. The van der Waals surface area contributed by atoms with Gasteiger partial charge in [0.25, 0.3) is 0 Å². The van der Waals surface area contributed by atoms with Crippen molar-refractivity contribution in [3.63, 3.8) is 0 Å². The first kappa shape index (κ1) is 13.2. The largest absolute Gasteiger partial charge is 0.395 e. The van der Waals surface area contributed by atoms with Crippen LogP contribution in [0, 0.1) is 12.8 Å². The normalized spacial score (nSPS) is 14.1. The van der Waals surface area contributed by atoms with E-state index in [-0.39, 0.29) is 12.5 Å². The summed E-state index contributed by atoms with van der Waals surface area (Å²) in [6, 6.07) is 6.78. The van der Waals surface area contributed by atoms with E-state index in [0.717, 1.165) is 5.56 Å². The van der Waals surface area contributed by atoms with Gasteiger partial charge in [-0.2, -0.15) is 0 Å². The Morgan fingerprint density at radius 3 is 2.38 bits per heavy atom. The summed E-state index contributed by atoms with van der Waals surface area (Å²) in [5.74, 6) is -0.101. The lowest BCUT2D eigenvalue weighted by atomic mass is 10.1. The summed E-state index contributed by atoms with van der Waals surface area (Å²) in [6.07, 6.45) is 0. The molecule has 0 aliphatic heterocycles. The Hall–Kier alpha value is -0.870. The summed E-state index contributed by atoms with van der Waals surface area (Å²) >= 11 is 0. The molecule has 1 aromatic rings. The van der Waals surface area contributed by atoms with Crippen LogP contribution in [0.1, 0.15) is 19.4 Å². The van der Waals surface area contributed by atoms with Gasteiger partial charge in [-0.15, -0.1) is 0 Å². The average molecular weight is 242 g/mol. The highest BCUT2D eigenvalue weighted by atomic mass is 32.2. The Balaban J connectivity index is 3.20. The molecule has 0 amide bonds. The highest BCUT2D eigenvalue weighted by Gasteiger charge is 2.29. The summed E-state index contributed by atoms with van der Waals surface area (Å²) in [4.78, 5) is 0.292. The van der Waals surface area contributed by atoms with Crippen molar-refractivity contribution in [2.75, 3.05) is 6.61 Å². The molecular formula is C12H18O3S. The molecule has 90 valence electrons. The zero-order chi connectivity index (χ0) is 12.3. The van der Waals surface area contributed by atoms with Crippen molar-refractivity contribution in [1.82, 2.24) is 0 Å². The van der Waals surface area contributed by atoms with Crippen molar-refractivity contribution in [2.24, 2.45) is 5.92 Å². The van der Waals surface area contributed by atoms with Crippen LogP contribution < -0.4 is 0 Å². The van der Waals surface area contributed by atoms with E-state index in [1.807, 2.05) is 13.0 Å². The predicted octanol–water partition coefficient (Wildman–Crippen LogP) is 1.79. The van der Waals surface area contributed by atoms with Crippen LogP contribution >= 0.6 is 0 Å². The molecule has 0 fully saturated rings. The van der Waals surface area contributed by atoms with Gasteiger partial charge in [-0.25, -0.2) is 8.42 Å². The maximum Gasteiger partial charge on any atom is 0.183 e. The minimum atomic E-state index is -3.42. The summed E-state index contributed by atoms with van der Waals surface area (Å²) in [5.41, 5.74) is 0.904. The molecule has 1 atom stereocenters. The van der Waals surface area contributed by atoms with Crippen LogP contribution in [-0.2, 0) is 9.84 Å². The molecule has 0 spiro atoms. The van der Waals surface area contributed by atoms with Crippen molar-refractivity contribution >= 4 is 9.84 Å². The van der Waals surface area contributed by atoms with Gasteiger partial charge in [0.05, 0.1) is 16.8 Å². The van der Waals surface area contributed by atoms with Crippen molar-refractivity contribution in [2.45, 2.75) is 30.9 Å². The lowest BCUT2D eigenvalue weighted by Gasteiger charge is -2.18. The molecule has 0 saturated heterocycles. The minimum absolute atomic E-state index is 0.101. The van der Waals surface area contributed by atoms with Crippen LogP contribution in [0.15, 0.2) is 29.2 Å². The lowest BCUT2D eigenvalue weighted by molar-refractivity contribution is 0.269. The Labute approximate surface area is 97.0 Å². The molecule has 1 unspecified atom stereocenters. The highest BCUT2D eigenvalue weighted by Crippen LogP contribution is 2.21. The van der Waals surface area contributed by atoms with E-state index in [1.54, 1.807) is 32.0 Å². The first-order chi connectivity index (χ1) is 7.39. The fourth-order valence-electron chi connectivity index (χ4n) is 1.63. The third-order valence-corrected chi connectivity index (χ3v) is 5.04. The van der Waals surface area contributed by atoms with Crippen LogP contribution in [0.2, 0.25) is 0 Å². The first-order valence-electron chi connectivity index (χ1n) is 5.31. The summed E-state index contributed by atoms with van der Waals surface area (Å²) in [7, 11) is -3.42. The van der Waals surface area contributed by atoms with E-state index in [2.05, 4.69) is 0 Å². The fraction of sp³-hybridized carbons (Fsp3) is 0.500. The van der Waals surface area contributed by atoms with Gasteiger partial charge in [-0.1, -0.05) is 26.0 Å². The standard InChI is InChI=1S/C12H18O3S/c1-9(2)12(8-13)16(14,15)11-6-4-5-10(3)7-11/h4-7,9,12-13H,8H2,1-3H3. The molecule has 4 heteroatoms. The Kier molecular flexibility index (Phi) is 4.10. The van der Waals surface area contributed by atoms with Crippen LogP contribution in [0.5, 0.6) is 0 Å². The van der Waals surface area contributed by atoms with Crippen LogP contribution in [-0.4, -0.2) is 25.4 Å². The fourth-order valence-corrected chi connectivity index (χ4v) is 3.52. The lowest BCUT2D eigenvalue weighted by Crippen LogP contribution is -2.30. The highest BCUT2D eigenvalue weighted by molar-refractivity contribution is 7.92. The number of aliphatic hydroxyl groups excluding tert-OH is 1.